The molecule has 0 radical (unpaired) electrons. The Morgan fingerprint density at radius 3 is 1.36 bits per heavy atom. The van der Waals surface area contributed by atoms with Crippen molar-refractivity contribution in [3.05, 3.63) is 259 Å². The third kappa shape index (κ3) is 5.47. The summed E-state index contributed by atoms with van der Waals surface area (Å²) in [5, 5.41) is 0. The molecule has 3 nitrogen and oxygen atoms in total. The number of benzene rings is 10. The molecule has 0 amide bonds. The molecule has 64 heavy (non-hydrogen) atoms. The summed E-state index contributed by atoms with van der Waals surface area (Å²) in [7, 11) is 0. The fourth-order valence-electron chi connectivity index (χ4n) is 10.6. The predicted molar refractivity (Wildman–Crippen MR) is 260 cm³/mol. The van der Waals surface area contributed by atoms with Gasteiger partial charge in [-0.1, -0.05) is 182 Å². The first-order chi connectivity index (χ1) is 31.7. The molecule has 0 atom stereocenters. The Hall–Kier alpha value is -8.40. The van der Waals surface area contributed by atoms with Gasteiger partial charge in [-0.25, -0.2) is 0 Å². The van der Waals surface area contributed by atoms with Gasteiger partial charge in [-0.05, 0) is 127 Å². The van der Waals surface area contributed by atoms with Crippen LogP contribution >= 0.6 is 0 Å². The fourth-order valence-corrected chi connectivity index (χ4v) is 10.6. The quantitative estimate of drug-likeness (QED) is 0.167. The molecule has 2 aliphatic carbocycles. The van der Waals surface area contributed by atoms with Crippen molar-refractivity contribution >= 4 is 17.1 Å². The van der Waals surface area contributed by atoms with Crippen LogP contribution in [0.25, 0.3) is 55.6 Å². The topological polar surface area (TPSA) is 21.7 Å². The maximum Gasteiger partial charge on any atom is 0.178 e. The highest BCUT2D eigenvalue weighted by Gasteiger charge is 2.53. The first-order valence-electron chi connectivity index (χ1n) is 21.9. The van der Waals surface area contributed by atoms with Crippen molar-refractivity contribution in [2.75, 3.05) is 4.90 Å². The predicted octanol–water partition coefficient (Wildman–Crippen LogP) is 16.4. The first-order valence-corrected chi connectivity index (χ1v) is 21.9. The lowest BCUT2D eigenvalue weighted by Gasteiger charge is -2.31. The average molecular weight is 818 g/mol. The number of anilines is 3. The Balaban J connectivity index is 0.883. The molecule has 0 N–H and O–H groups in total. The second kappa shape index (κ2) is 14.3. The van der Waals surface area contributed by atoms with E-state index >= 15 is 0 Å². The summed E-state index contributed by atoms with van der Waals surface area (Å²) in [5.74, 6) is 2.88. The molecule has 1 heterocycles. The molecule has 0 saturated heterocycles. The van der Waals surface area contributed by atoms with Crippen LogP contribution in [0.5, 0.6) is 23.0 Å². The summed E-state index contributed by atoms with van der Waals surface area (Å²) in [6, 6.07) is 84.8. The summed E-state index contributed by atoms with van der Waals surface area (Å²) in [5.41, 5.74) is 19.5. The van der Waals surface area contributed by atoms with Crippen LogP contribution in [0.15, 0.2) is 237 Å². The van der Waals surface area contributed by atoms with Gasteiger partial charge in [0.15, 0.2) is 23.0 Å². The Kier molecular flexibility index (Phi) is 8.13. The summed E-state index contributed by atoms with van der Waals surface area (Å²) < 4.78 is 13.8. The van der Waals surface area contributed by atoms with Gasteiger partial charge in [0.2, 0.25) is 0 Å². The van der Waals surface area contributed by atoms with Crippen LogP contribution in [0.3, 0.4) is 0 Å². The maximum absolute atomic E-state index is 7.06. The standard InChI is InChI=1S/C61H39NO2/c1-3-15-40(16-4-1)43-19-13-21-47(37-43)62(48-22-14-20-44(38-48)41-17-5-2-6-18-41)46-32-29-42(30-33-46)45-31-35-56-58(39-45)64-60-57(63-56)36-34-55-59(60)51-25-9-12-28-54(51)61(55)52-26-10-7-23-49(52)50-24-8-11-27-53(50)61/h1-39H. The van der Waals surface area contributed by atoms with E-state index in [1.54, 1.807) is 0 Å². The molecule has 10 aromatic rings. The molecule has 300 valence electrons. The SMILES string of the molecule is c1ccc(-c2cccc(N(c3ccc(-c4ccc5c(c4)Oc4c(ccc6c4-c4ccccc4C64c6ccccc6-c6ccccc64)O5)cc3)c3cccc(-c4ccccc4)c3)c2)cc1. The van der Waals surface area contributed by atoms with Gasteiger partial charge in [0, 0.05) is 22.6 Å². The molecule has 13 rings (SSSR count). The molecule has 0 bridgehead atoms. The van der Waals surface area contributed by atoms with E-state index in [-0.39, 0.29) is 0 Å². The highest BCUT2D eigenvalue weighted by molar-refractivity contribution is 5.98. The first kappa shape index (κ1) is 36.3. The van der Waals surface area contributed by atoms with Gasteiger partial charge < -0.3 is 14.4 Å². The van der Waals surface area contributed by atoms with E-state index in [4.69, 9.17) is 9.47 Å². The Labute approximate surface area is 372 Å². The monoisotopic (exact) mass is 817 g/mol. The molecule has 0 fully saturated rings. The molecular weight excluding hydrogens is 779 g/mol. The Morgan fingerprint density at radius 1 is 0.281 bits per heavy atom. The maximum atomic E-state index is 7.06. The summed E-state index contributed by atoms with van der Waals surface area (Å²) in [6.07, 6.45) is 0. The molecular formula is C61H39NO2. The van der Waals surface area contributed by atoms with Crippen molar-refractivity contribution in [2.45, 2.75) is 5.41 Å². The lowest BCUT2D eigenvalue weighted by Crippen LogP contribution is -2.25. The zero-order valence-electron chi connectivity index (χ0n) is 34.8. The van der Waals surface area contributed by atoms with Crippen molar-refractivity contribution in [1.29, 1.82) is 0 Å². The van der Waals surface area contributed by atoms with Crippen LogP contribution in [0.2, 0.25) is 0 Å². The normalized spacial score (nSPS) is 13.1. The molecule has 3 heteroatoms. The fraction of sp³-hybridized carbons (Fsp3) is 0.0164. The van der Waals surface area contributed by atoms with Crippen molar-refractivity contribution in [3.8, 4) is 78.6 Å². The minimum absolute atomic E-state index is 0.457. The molecule has 0 saturated carbocycles. The Bertz CT molecular complexity index is 3320. The molecule has 10 aromatic carbocycles. The third-order valence-electron chi connectivity index (χ3n) is 13.3. The van der Waals surface area contributed by atoms with Crippen LogP contribution in [-0.2, 0) is 5.41 Å². The summed E-state index contributed by atoms with van der Waals surface area (Å²) >= 11 is 0. The highest BCUT2D eigenvalue weighted by Crippen LogP contribution is 2.66. The van der Waals surface area contributed by atoms with Crippen molar-refractivity contribution in [3.63, 3.8) is 0 Å². The van der Waals surface area contributed by atoms with Gasteiger partial charge in [-0.15, -0.1) is 0 Å². The minimum Gasteiger partial charge on any atom is -0.449 e. The van der Waals surface area contributed by atoms with Gasteiger partial charge in [-0.3, -0.25) is 0 Å². The smallest absolute Gasteiger partial charge is 0.178 e. The number of fused-ring (bicyclic) bond motifs is 13. The largest absolute Gasteiger partial charge is 0.449 e. The third-order valence-corrected chi connectivity index (χ3v) is 13.3. The second-order valence-corrected chi connectivity index (χ2v) is 16.8. The van der Waals surface area contributed by atoms with Gasteiger partial charge in [0.25, 0.3) is 0 Å². The van der Waals surface area contributed by atoms with Gasteiger partial charge >= 0.3 is 0 Å². The lowest BCUT2D eigenvalue weighted by atomic mass is 9.70. The van der Waals surface area contributed by atoms with E-state index in [0.29, 0.717) is 11.5 Å². The lowest BCUT2D eigenvalue weighted by molar-refractivity contribution is 0.360. The van der Waals surface area contributed by atoms with Crippen molar-refractivity contribution in [1.82, 2.24) is 0 Å². The molecule has 3 aliphatic rings. The second-order valence-electron chi connectivity index (χ2n) is 16.8. The number of nitrogens with zero attached hydrogens (tertiary/aromatic N) is 1. The van der Waals surface area contributed by atoms with E-state index in [1.807, 2.05) is 6.07 Å². The van der Waals surface area contributed by atoms with Gasteiger partial charge in [0.05, 0.1) is 5.41 Å². The van der Waals surface area contributed by atoms with Crippen molar-refractivity contribution in [2.24, 2.45) is 0 Å². The number of rotatable bonds is 6. The van der Waals surface area contributed by atoms with Crippen LogP contribution in [0, 0.1) is 0 Å². The molecule has 1 aliphatic heterocycles. The van der Waals surface area contributed by atoms with Crippen LogP contribution < -0.4 is 14.4 Å². The van der Waals surface area contributed by atoms with E-state index in [9.17, 15) is 0 Å². The Morgan fingerprint density at radius 2 is 0.750 bits per heavy atom. The number of hydrogen-bond acceptors (Lipinski definition) is 3. The summed E-state index contributed by atoms with van der Waals surface area (Å²) in [6.45, 7) is 0. The number of hydrogen-bond donors (Lipinski definition) is 0. The minimum atomic E-state index is -0.457. The molecule has 0 aromatic heterocycles. The van der Waals surface area contributed by atoms with Crippen LogP contribution in [-0.4, -0.2) is 0 Å². The van der Waals surface area contributed by atoms with E-state index in [1.165, 1.54) is 61.2 Å². The van der Waals surface area contributed by atoms with E-state index < -0.39 is 5.41 Å². The van der Waals surface area contributed by atoms with E-state index in [2.05, 4.69) is 235 Å². The van der Waals surface area contributed by atoms with Crippen LogP contribution in [0.4, 0.5) is 17.1 Å². The van der Waals surface area contributed by atoms with E-state index in [0.717, 1.165) is 45.3 Å². The van der Waals surface area contributed by atoms with Crippen molar-refractivity contribution < 1.29 is 9.47 Å². The van der Waals surface area contributed by atoms with Crippen LogP contribution in [0.1, 0.15) is 22.3 Å². The van der Waals surface area contributed by atoms with Gasteiger partial charge in [-0.2, -0.15) is 0 Å². The average Bonchev–Trinajstić information content (AvgIpc) is 3.84. The number of ether oxygens (including phenoxy) is 2. The molecule has 0 unspecified atom stereocenters. The van der Waals surface area contributed by atoms with Gasteiger partial charge in [0.1, 0.15) is 0 Å². The zero-order valence-corrected chi connectivity index (χ0v) is 34.8. The molecule has 1 spiro atoms. The summed E-state index contributed by atoms with van der Waals surface area (Å²) in [4.78, 5) is 2.34. The zero-order chi connectivity index (χ0) is 42.2. The highest BCUT2D eigenvalue weighted by atomic mass is 16.6.